The minimum absolute atomic E-state index is 0.0592. The van der Waals surface area contributed by atoms with Crippen molar-refractivity contribution in [2.45, 2.75) is 6.18 Å². The molecule has 0 bridgehead atoms. The Morgan fingerprint density at radius 3 is 2.54 bits per heavy atom. The zero-order valence-electron chi connectivity index (χ0n) is 19.7. The van der Waals surface area contributed by atoms with Crippen molar-refractivity contribution in [1.29, 1.82) is 0 Å². The molecule has 1 aromatic heterocycles. The number of para-hydroxylation sites is 1. The maximum atomic E-state index is 13.3. The molecule has 4 aromatic rings. The number of rotatable bonds is 7. The molecular weight excluding hydrogens is 491 g/mol. The summed E-state index contributed by atoms with van der Waals surface area (Å²) in [6.07, 6.45) is -3.24. The van der Waals surface area contributed by atoms with Crippen LogP contribution in [0.1, 0.15) is 11.1 Å². The van der Waals surface area contributed by atoms with Crippen molar-refractivity contribution in [3.63, 3.8) is 0 Å². The highest BCUT2D eigenvalue weighted by atomic mass is 19.4. The number of benzene rings is 3. The van der Waals surface area contributed by atoms with Crippen LogP contribution in [0.25, 0.3) is 22.3 Å². The van der Waals surface area contributed by atoms with Crippen LogP contribution in [0.4, 0.5) is 13.2 Å². The molecule has 8 nitrogen and oxygen atoms in total. The van der Waals surface area contributed by atoms with Gasteiger partial charge in [-0.05, 0) is 48.0 Å². The third-order valence-electron chi connectivity index (χ3n) is 5.29. The summed E-state index contributed by atoms with van der Waals surface area (Å²) in [6.45, 7) is -0.321. The first-order chi connectivity index (χ1) is 17.7. The molecule has 0 fully saturated rings. The molecule has 4 rings (SSSR count). The Hall–Kier alpha value is -4.67. The van der Waals surface area contributed by atoms with Crippen molar-refractivity contribution >= 4 is 23.1 Å². The van der Waals surface area contributed by atoms with Crippen LogP contribution in [0, 0.1) is 0 Å². The number of esters is 1. The average molecular weight is 511 g/mol. The van der Waals surface area contributed by atoms with Gasteiger partial charge in [-0.25, -0.2) is 9.78 Å². The van der Waals surface area contributed by atoms with Gasteiger partial charge in [0.2, 0.25) is 0 Å². The van der Waals surface area contributed by atoms with E-state index >= 15 is 0 Å². The first-order valence-corrected chi connectivity index (χ1v) is 10.8. The van der Waals surface area contributed by atoms with E-state index in [9.17, 15) is 22.8 Å². The standard InChI is InChI=1S/C26H20F3N3O5/c1-35-22-12-16(10-11-21(22)37-15-23(33)36-2)14-30-32-24(17-6-5-7-18(13-17)26(27,28)29)31-20-9-4-3-8-19(20)25(32)34/h3-14H,15H2,1-2H3. The second kappa shape index (κ2) is 10.5. The van der Waals surface area contributed by atoms with Gasteiger partial charge in [0.25, 0.3) is 5.56 Å². The third-order valence-corrected chi connectivity index (χ3v) is 5.29. The highest BCUT2D eigenvalue weighted by Crippen LogP contribution is 2.32. The number of alkyl halides is 3. The predicted molar refractivity (Wildman–Crippen MR) is 130 cm³/mol. The number of carbonyl (C=O) groups excluding carboxylic acids is 1. The van der Waals surface area contributed by atoms with Gasteiger partial charge in [0.1, 0.15) is 0 Å². The minimum atomic E-state index is -4.57. The van der Waals surface area contributed by atoms with Crippen LogP contribution in [-0.2, 0) is 15.7 Å². The molecule has 190 valence electrons. The Balaban J connectivity index is 1.79. The summed E-state index contributed by atoms with van der Waals surface area (Å²) >= 11 is 0. The van der Waals surface area contributed by atoms with E-state index < -0.39 is 23.3 Å². The average Bonchev–Trinajstić information content (AvgIpc) is 2.90. The van der Waals surface area contributed by atoms with E-state index in [0.29, 0.717) is 11.1 Å². The summed E-state index contributed by atoms with van der Waals surface area (Å²) in [6, 6.07) is 15.7. The van der Waals surface area contributed by atoms with E-state index in [4.69, 9.17) is 9.47 Å². The second-order valence-electron chi connectivity index (χ2n) is 7.67. The molecule has 0 atom stereocenters. The van der Waals surface area contributed by atoms with Crippen molar-refractivity contribution in [3.05, 3.63) is 88.2 Å². The quantitative estimate of drug-likeness (QED) is 0.268. The van der Waals surface area contributed by atoms with Crippen molar-refractivity contribution in [2.24, 2.45) is 5.10 Å². The van der Waals surface area contributed by atoms with E-state index in [2.05, 4.69) is 14.8 Å². The Morgan fingerprint density at radius 1 is 1.03 bits per heavy atom. The van der Waals surface area contributed by atoms with E-state index in [1.807, 2.05) is 0 Å². The molecule has 0 unspecified atom stereocenters. The van der Waals surface area contributed by atoms with Gasteiger partial charge in [-0.15, -0.1) is 0 Å². The van der Waals surface area contributed by atoms with Gasteiger partial charge in [0, 0.05) is 5.56 Å². The molecule has 11 heteroatoms. The summed E-state index contributed by atoms with van der Waals surface area (Å²) in [5.74, 6) is -0.0665. The summed E-state index contributed by atoms with van der Waals surface area (Å²) in [5, 5.41) is 4.50. The smallest absolute Gasteiger partial charge is 0.416 e. The van der Waals surface area contributed by atoms with E-state index in [-0.39, 0.29) is 34.9 Å². The Labute approximate surface area is 208 Å². The van der Waals surface area contributed by atoms with Crippen LogP contribution in [-0.4, -0.2) is 42.7 Å². The predicted octanol–water partition coefficient (Wildman–Crippen LogP) is 4.52. The maximum absolute atomic E-state index is 13.3. The number of nitrogens with zero attached hydrogens (tertiary/aromatic N) is 3. The number of carbonyl (C=O) groups is 1. The topological polar surface area (TPSA) is 92.0 Å². The zero-order chi connectivity index (χ0) is 26.6. The van der Waals surface area contributed by atoms with Crippen molar-refractivity contribution < 1.29 is 32.2 Å². The van der Waals surface area contributed by atoms with Crippen molar-refractivity contribution in [3.8, 4) is 22.9 Å². The van der Waals surface area contributed by atoms with Gasteiger partial charge < -0.3 is 14.2 Å². The van der Waals surface area contributed by atoms with Gasteiger partial charge >= 0.3 is 12.1 Å². The van der Waals surface area contributed by atoms with Gasteiger partial charge in [0.15, 0.2) is 23.9 Å². The number of fused-ring (bicyclic) bond motifs is 1. The third kappa shape index (κ3) is 5.61. The fourth-order valence-electron chi connectivity index (χ4n) is 3.46. The van der Waals surface area contributed by atoms with E-state index in [1.165, 1.54) is 38.6 Å². The number of hydrogen-bond acceptors (Lipinski definition) is 7. The number of ether oxygens (including phenoxy) is 3. The van der Waals surface area contributed by atoms with E-state index in [1.54, 1.807) is 36.4 Å². The molecule has 0 N–H and O–H groups in total. The molecule has 0 spiro atoms. The summed E-state index contributed by atoms with van der Waals surface area (Å²) in [5.41, 5.74) is -0.564. The van der Waals surface area contributed by atoms with Gasteiger partial charge in [0.05, 0.1) is 36.9 Å². The molecule has 37 heavy (non-hydrogen) atoms. The molecule has 0 saturated carbocycles. The van der Waals surface area contributed by atoms with Crippen LogP contribution in [0.5, 0.6) is 11.5 Å². The number of aromatic nitrogens is 2. The zero-order valence-corrected chi connectivity index (χ0v) is 19.7. The Kier molecular flexibility index (Phi) is 7.23. The molecule has 0 amide bonds. The van der Waals surface area contributed by atoms with Gasteiger partial charge in [-0.3, -0.25) is 4.79 Å². The molecule has 1 heterocycles. The summed E-state index contributed by atoms with van der Waals surface area (Å²) < 4.78 is 56.2. The van der Waals surface area contributed by atoms with Crippen LogP contribution in [0.15, 0.2) is 76.6 Å². The molecule has 0 aliphatic rings. The highest BCUT2D eigenvalue weighted by molar-refractivity contribution is 5.83. The lowest BCUT2D eigenvalue weighted by molar-refractivity contribution is -0.143. The maximum Gasteiger partial charge on any atom is 0.416 e. The first-order valence-electron chi connectivity index (χ1n) is 10.8. The normalized spacial score (nSPS) is 11.6. The van der Waals surface area contributed by atoms with Gasteiger partial charge in [-0.2, -0.15) is 22.9 Å². The monoisotopic (exact) mass is 511 g/mol. The first kappa shape index (κ1) is 25.4. The van der Waals surface area contributed by atoms with Crippen molar-refractivity contribution in [2.75, 3.05) is 20.8 Å². The minimum Gasteiger partial charge on any atom is -0.493 e. The Morgan fingerprint density at radius 2 is 1.81 bits per heavy atom. The summed E-state index contributed by atoms with van der Waals surface area (Å²) in [7, 11) is 2.64. The van der Waals surface area contributed by atoms with Gasteiger partial charge in [-0.1, -0.05) is 24.3 Å². The molecular formula is C26H20F3N3O5. The number of halogens is 3. The Bertz CT molecular complexity index is 1550. The van der Waals surface area contributed by atoms with Crippen LogP contribution >= 0.6 is 0 Å². The number of methoxy groups -OCH3 is 2. The molecule has 0 radical (unpaired) electrons. The van der Waals surface area contributed by atoms with E-state index in [0.717, 1.165) is 16.8 Å². The fourth-order valence-corrected chi connectivity index (χ4v) is 3.46. The molecule has 0 aliphatic carbocycles. The second-order valence-corrected chi connectivity index (χ2v) is 7.67. The highest BCUT2D eigenvalue weighted by Gasteiger charge is 2.31. The molecule has 0 saturated heterocycles. The lowest BCUT2D eigenvalue weighted by Crippen LogP contribution is -2.20. The molecule has 0 aliphatic heterocycles. The summed E-state index contributed by atoms with van der Waals surface area (Å²) in [4.78, 5) is 29.1. The molecule has 3 aromatic carbocycles. The number of hydrogen-bond donors (Lipinski definition) is 0. The van der Waals surface area contributed by atoms with Crippen LogP contribution in [0.3, 0.4) is 0 Å². The SMILES string of the molecule is COC(=O)COc1ccc(C=Nn2c(-c3cccc(C(F)(F)F)c3)nc3ccccc3c2=O)cc1OC. The largest absolute Gasteiger partial charge is 0.493 e. The van der Waals surface area contributed by atoms with Crippen LogP contribution in [0.2, 0.25) is 0 Å². The van der Waals surface area contributed by atoms with Crippen molar-refractivity contribution in [1.82, 2.24) is 9.66 Å². The fraction of sp³-hybridized carbons (Fsp3) is 0.154. The lowest BCUT2D eigenvalue weighted by atomic mass is 10.1. The van der Waals surface area contributed by atoms with Crippen LogP contribution < -0.4 is 15.0 Å². The lowest BCUT2D eigenvalue weighted by Gasteiger charge is -2.12.